The average Bonchev–Trinajstić information content (AvgIpc) is 3.38. The highest BCUT2D eigenvalue weighted by Crippen LogP contribution is 2.60. The summed E-state index contributed by atoms with van der Waals surface area (Å²) >= 11 is 0. The molecule has 2 aliphatic rings. The van der Waals surface area contributed by atoms with Crippen LogP contribution in [-0.2, 0) is 0 Å². The minimum atomic E-state index is -0.412. The Morgan fingerprint density at radius 2 is 1.86 bits per heavy atom. The highest BCUT2D eigenvalue weighted by Gasteiger charge is 2.53. The van der Waals surface area contributed by atoms with Gasteiger partial charge >= 0.3 is 0 Å². The molecule has 0 saturated heterocycles. The minimum absolute atomic E-state index is 0.412. The smallest absolute Gasteiger partial charge is 0.0914 e. The lowest BCUT2D eigenvalue weighted by atomic mass is 10.00. The Kier molecular flexibility index (Phi) is 3.24. The molecule has 0 radical (unpaired) electrons. The molecule has 1 unspecified atom stereocenters. The van der Waals surface area contributed by atoms with Crippen molar-refractivity contribution in [1.29, 1.82) is 0 Å². The second-order valence-electron chi connectivity index (χ2n) is 6.89. The van der Waals surface area contributed by atoms with Crippen molar-refractivity contribution < 1.29 is 5.11 Å². The summed E-state index contributed by atoms with van der Waals surface area (Å²) in [6.45, 7) is 1.75. The molecule has 0 heterocycles. The van der Waals surface area contributed by atoms with Gasteiger partial charge in [-0.3, -0.25) is 0 Å². The topological polar surface area (TPSA) is 32.3 Å². The maximum Gasteiger partial charge on any atom is 0.0914 e. The van der Waals surface area contributed by atoms with Crippen LogP contribution < -0.4 is 5.32 Å². The number of aliphatic hydroxyl groups is 1. The maximum atomic E-state index is 10.4. The van der Waals surface area contributed by atoms with Crippen molar-refractivity contribution in [2.75, 3.05) is 13.1 Å². The molecule has 0 aromatic heterocycles. The normalized spacial score (nSPS) is 21.4. The van der Waals surface area contributed by atoms with Gasteiger partial charge in [0.15, 0.2) is 0 Å². The molecule has 0 aliphatic heterocycles. The summed E-state index contributed by atoms with van der Waals surface area (Å²) in [7, 11) is 0. The lowest BCUT2D eigenvalue weighted by molar-refractivity contribution is 0.171. The van der Waals surface area contributed by atoms with Gasteiger partial charge in [-0.1, -0.05) is 36.4 Å². The first-order valence-electron chi connectivity index (χ1n) is 8.14. The van der Waals surface area contributed by atoms with Crippen LogP contribution in [0.3, 0.4) is 0 Å². The lowest BCUT2D eigenvalue weighted by Gasteiger charge is -2.18. The maximum absolute atomic E-state index is 10.4. The van der Waals surface area contributed by atoms with Crippen molar-refractivity contribution in [2.24, 2.45) is 11.3 Å². The van der Waals surface area contributed by atoms with E-state index in [2.05, 4.69) is 29.6 Å². The molecule has 2 aromatic rings. The second kappa shape index (κ2) is 5.11. The van der Waals surface area contributed by atoms with Crippen LogP contribution in [0.5, 0.6) is 0 Å². The Morgan fingerprint density at radius 3 is 2.57 bits per heavy atom. The first kappa shape index (κ1) is 13.3. The minimum Gasteiger partial charge on any atom is -0.387 e. The summed E-state index contributed by atoms with van der Waals surface area (Å²) in [5.41, 5.74) is 1.61. The fourth-order valence-electron chi connectivity index (χ4n) is 3.58. The molecule has 2 aliphatic carbocycles. The molecule has 2 fully saturated rings. The summed E-state index contributed by atoms with van der Waals surface area (Å²) in [6.07, 6.45) is 5.21. The summed E-state index contributed by atoms with van der Waals surface area (Å²) in [5.74, 6) is 0.975. The van der Waals surface area contributed by atoms with Crippen LogP contribution in [0.25, 0.3) is 10.8 Å². The van der Waals surface area contributed by atoms with E-state index in [9.17, 15) is 5.11 Å². The van der Waals surface area contributed by atoms with E-state index in [-0.39, 0.29) is 0 Å². The van der Waals surface area contributed by atoms with E-state index in [0.29, 0.717) is 12.0 Å². The van der Waals surface area contributed by atoms with Crippen LogP contribution in [0.15, 0.2) is 42.5 Å². The van der Waals surface area contributed by atoms with Crippen molar-refractivity contribution in [1.82, 2.24) is 5.32 Å². The van der Waals surface area contributed by atoms with Crippen LogP contribution >= 0.6 is 0 Å². The molecule has 0 bridgehead atoms. The Bertz CT molecular complexity index is 643. The molecule has 21 heavy (non-hydrogen) atoms. The van der Waals surface area contributed by atoms with E-state index < -0.39 is 6.10 Å². The van der Waals surface area contributed by atoms with Crippen molar-refractivity contribution >= 4 is 10.8 Å². The Balaban J connectivity index is 1.38. The average molecular weight is 281 g/mol. The molecule has 2 saturated carbocycles. The number of rotatable bonds is 6. The molecular formula is C19H23NO. The van der Waals surface area contributed by atoms with Gasteiger partial charge in [-0.15, -0.1) is 0 Å². The molecule has 110 valence electrons. The van der Waals surface area contributed by atoms with Crippen molar-refractivity contribution in [2.45, 2.75) is 31.8 Å². The predicted octanol–water partition coefficient (Wildman–Crippen LogP) is 3.65. The second-order valence-corrected chi connectivity index (χ2v) is 6.89. The third-order valence-corrected chi connectivity index (χ3v) is 5.31. The number of nitrogens with one attached hydrogen (secondary N) is 1. The van der Waals surface area contributed by atoms with Gasteiger partial charge in [-0.2, -0.15) is 0 Å². The number of aliphatic hydroxyl groups excluding tert-OH is 1. The van der Waals surface area contributed by atoms with Gasteiger partial charge < -0.3 is 10.4 Å². The summed E-state index contributed by atoms with van der Waals surface area (Å²) in [4.78, 5) is 0. The Morgan fingerprint density at radius 1 is 1.10 bits per heavy atom. The quantitative estimate of drug-likeness (QED) is 0.847. The Hall–Kier alpha value is -1.38. The fourth-order valence-corrected chi connectivity index (χ4v) is 3.58. The first-order valence-corrected chi connectivity index (χ1v) is 8.14. The molecule has 2 heteroatoms. The number of hydrogen-bond acceptors (Lipinski definition) is 2. The van der Waals surface area contributed by atoms with Gasteiger partial charge in [0.1, 0.15) is 0 Å². The number of hydrogen-bond donors (Lipinski definition) is 2. The highest BCUT2D eigenvalue weighted by molar-refractivity contribution is 5.83. The standard InChI is InChI=1S/C19H23NO/c21-18(12-20-13-19(9-10-19)17-7-8-17)16-6-5-14-3-1-2-4-15(14)11-16/h1-6,11,17-18,20-21H,7-10,12-13H2. The number of benzene rings is 2. The molecular weight excluding hydrogens is 258 g/mol. The largest absolute Gasteiger partial charge is 0.387 e. The van der Waals surface area contributed by atoms with Crippen molar-refractivity contribution in [3.05, 3.63) is 48.0 Å². The van der Waals surface area contributed by atoms with Gasteiger partial charge in [-0.25, -0.2) is 0 Å². The molecule has 0 spiro atoms. The van der Waals surface area contributed by atoms with E-state index in [1.165, 1.54) is 36.5 Å². The molecule has 2 N–H and O–H groups in total. The van der Waals surface area contributed by atoms with E-state index in [0.717, 1.165) is 18.0 Å². The molecule has 2 nitrogen and oxygen atoms in total. The third-order valence-electron chi connectivity index (χ3n) is 5.31. The van der Waals surface area contributed by atoms with Gasteiger partial charge in [0.25, 0.3) is 0 Å². The van der Waals surface area contributed by atoms with Crippen LogP contribution in [0.4, 0.5) is 0 Å². The van der Waals surface area contributed by atoms with Crippen LogP contribution in [0.1, 0.15) is 37.4 Å². The monoisotopic (exact) mass is 281 g/mol. The zero-order valence-electron chi connectivity index (χ0n) is 12.4. The molecule has 4 rings (SSSR count). The lowest BCUT2D eigenvalue weighted by Crippen LogP contribution is -2.29. The summed E-state index contributed by atoms with van der Waals surface area (Å²) in [6, 6.07) is 14.6. The molecule has 1 atom stereocenters. The SMILES string of the molecule is OC(CNCC1(C2CC2)CC1)c1ccc2ccccc2c1. The van der Waals surface area contributed by atoms with E-state index >= 15 is 0 Å². The first-order chi connectivity index (χ1) is 10.3. The van der Waals surface area contributed by atoms with Gasteiger partial charge in [0.2, 0.25) is 0 Å². The zero-order chi connectivity index (χ0) is 14.3. The van der Waals surface area contributed by atoms with E-state index in [1.807, 2.05) is 18.2 Å². The highest BCUT2D eigenvalue weighted by atomic mass is 16.3. The zero-order valence-corrected chi connectivity index (χ0v) is 12.4. The van der Waals surface area contributed by atoms with Gasteiger partial charge in [0.05, 0.1) is 6.10 Å². The summed E-state index contributed by atoms with van der Waals surface area (Å²) in [5, 5.41) is 16.3. The third kappa shape index (κ3) is 2.70. The predicted molar refractivity (Wildman–Crippen MR) is 86.2 cm³/mol. The van der Waals surface area contributed by atoms with Crippen LogP contribution in [0, 0.1) is 11.3 Å². The van der Waals surface area contributed by atoms with E-state index in [1.54, 1.807) is 0 Å². The van der Waals surface area contributed by atoms with Crippen molar-refractivity contribution in [3.8, 4) is 0 Å². The van der Waals surface area contributed by atoms with Gasteiger partial charge in [0, 0.05) is 13.1 Å². The summed E-state index contributed by atoms with van der Waals surface area (Å²) < 4.78 is 0. The van der Waals surface area contributed by atoms with E-state index in [4.69, 9.17) is 0 Å². The molecule has 2 aromatic carbocycles. The Labute approximate surface area is 126 Å². The van der Waals surface area contributed by atoms with Crippen LogP contribution in [0.2, 0.25) is 0 Å². The number of fused-ring (bicyclic) bond motifs is 1. The van der Waals surface area contributed by atoms with Crippen molar-refractivity contribution in [3.63, 3.8) is 0 Å². The molecule has 0 amide bonds. The fraction of sp³-hybridized carbons (Fsp3) is 0.474. The van der Waals surface area contributed by atoms with Gasteiger partial charge in [-0.05, 0) is 59.4 Å². The van der Waals surface area contributed by atoms with Crippen LogP contribution in [-0.4, -0.2) is 18.2 Å².